The third-order valence-corrected chi connectivity index (χ3v) is 5.24. The summed E-state index contributed by atoms with van der Waals surface area (Å²) in [6, 6.07) is 23.1. The number of hydrogen-bond donors (Lipinski definition) is 0. The topological polar surface area (TPSA) is 48.0 Å². The smallest absolute Gasteiger partial charge is 0.254 e. The highest BCUT2D eigenvalue weighted by Gasteiger charge is 2.17. The lowest BCUT2D eigenvalue weighted by Gasteiger charge is -2.23. The van der Waals surface area contributed by atoms with Crippen molar-refractivity contribution in [1.82, 2.24) is 4.90 Å². The van der Waals surface area contributed by atoms with E-state index in [0.717, 1.165) is 29.7 Å². The molecular weight excluding hydrogens is 402 g/mol. The van der Waals surface area contributed by atoms with Crippen molar-refractivity contribution < 1.29 is 19.0 Å². The lowest BCUT2D eigenvalue weighted by molar-refractivity contribution is 0.0740. The second-order valence-electron chi connectivity index (χ2n) is 7.57. The summed E-state index contributed by atoms with van der Waals surface area (Å²) >= 11 is 0. The first kappa shape index (κ1) is 23.2. The van der Waals surface area contributed by atoms with Gasteiger partial charge >= 0.3 is 0 Å². The maximum atomic E-state index is 13.2. The SMILES string of the molecule is CCCCN(Cc1ccc(OCc2ccccc2)c(OC)c1)C(=O)c1ccc(OC)cc1. The molecule has 3 rings (SSSR count). The van der Waals surface area contributed by atoms with E-state index >= 15 is 0 Å². The molecule has 3 aromatic rings. The molecule has 1 amide bonds. The molecule has 0 aromatic heterocycles. The van der Waals surface area contributed by atoms with E-state index in [0.29, 0.717) is 36.8 Å². The van der Waals surface area contributed by atoms with Crippen molar-refractivity contribution in [3.05, 3.63) is 89.5 Å². The van der Waals surface area contributed by atoms with Crippen LogP contribution in [-0.2, 0) is 13.2 Å². The zero-order chi connectivity index (χ0) is 22.8. The Labute approximate surface area is 190 Å². The quantitative estimate of drug-likeness (QED) is 0.388. The summed E-state index contributed by atoms with van der Waals surface area (Å²) in [5.41, 5.74) is 2.73. The van der Waals surface area contributed by atoms with Crippen LogP contribution in [0.15, 0.2) is 72.8 Å². The van der Waals surface area contributed by atoms with Crippen LogP contribution in [0.2, 0.25) is 0 Å². The molecule has 32 heavy (non-hydrogen) atoms. The number of carbonyl (C=O) groups is 1. The van der Waals surface area contributed by atoms with Gasteiger partial charge in [0.1, 0.15) is 12.4 Å². The number of methoxy groups -OCH3 is 2. The average Bonchev–Trinajstić information content (AvgIpc) is 2.85. The number of rotatable bonds is 11. The first-order chi connectivity index (χ1) is 15.6. The van der Waals surface area contributed by atoms with Gasteiger partial charge in [-0.1, -0.05) is 49.7 Å². The van der Waals surface area contributed by atoms with Gasteiger partial charge in [0.05, 0.1) is 14.2 Å². The van der Waals surface area contributed by atoms with Crippen LogP contribution in [-0.4, -0.2) is 31.6 Å². The highest BCUT2D eigenvalue weighted by molar-refractivity contribution is 5.94. The third kappa shape index (κ3) is 6.27. The molecule has 0 atom stereocenters. The Morgan fingerprint density at radius 1 is 0.844 bits per heavy atom. The molecule has 0 saturated carbocycles. The maximum Gasteiger partial charge on any atom is 0.254 e. The Morgan fingerprint density at radius 2 is 1.59 bits per heavy atom. The van der Waals surface area contributed by atoms with E-state index in [-0.39, 0.29) is 5.91 Å². The van der Waals surface area contributed by atoms with Crippen molar-refractivity contribution in [1.29, 1.82) is 0 Å². The van der Waals surface area contributed by atoms with Crippen molar-refractivity contribution in [3.63, 3.8) is 0 Å². The molecule has 0 aliphatic carbocycles. The molecule has 0 bridgehead atoms. The van der Waals surface area contributed by atoms with E-state index in [2.05, 4.69) is 6.92 Å². The molecule has 3 aromatic carbocycles. The van der Waals surface area contributed by atoms with Gasteiger partial charge in [-0.25, -0.2) is 0 Å². The molecule has 168 valence electrons. The number of carbonyl (C=O) groups excluding carboxylic acids is 1. The van der Waals surface area contributed by atoms with Crippen LogP contribution in [0.25, 0.3) is 0 Å². The molecule has 0 unspecified atom stereocenters. The van der Waals surface area contributed by atoms with Gasteiger partial charge in [0.2, 0.25) is 0 Å². The van der Waals surface area contributed by atoms with E-state index in [4.69, 9.17) is 14.2 Å². The number of amides is 1. The molecule has 0 heterocycles. The van der Waals surface area contributed by atoms with Crippen LogP contribution in [0, 0.1) is 0 Å². The molecule has 0 fully saturated rings. The minimum atomic E-state index is 0.00414. The Hall–Kier alpha value is -3.47. The van der Waals surface area contributed by atoms with Crippen LogP contribution in [0.5, 0.6) is 17.2 Å². The maximum absolute atomic E-state index is 13.2. The molecule has 0 aliphatic heterocycles. The second-order valence-corrected chi connectivity index (χ2v) is 7.57. The van der Waals surface area contributed by atoms with E-state index in [1.807, 2.05) is 65.6 Å². The summed E-state index contributed by atoms with van der Waals surface area (Å²) in [5.74, 6) is 2.08. The molecule has 0 spiro atoms. The normalized spacial score (nSPS) is 10.5. The van der Waals surface area contributed by atoms with Crippen LogP contribution >= 0.6 is 0 Å². The fraction of sp³-hybridized carbons (Fsp3) is 0.296. The summed E-state index contributed by atoms with van der Waals surface area (Å²) in [6.45, 7) is 3.78. The van der Waals surface area contributed by atoms with Crippen LogP contribution < -0.4 is 14.2 Å². The fourth-order valence-corrected chi connectivity index (χ4v) is 3.40. The lowest BCUT2D eigenvalue weighted by Crippen LogP contribution is -2.31. The molecule has 5 nitrogen and oxygen atoms in total. The van der Waals surface area contributed by atoms with Crippen LogP contribution in [0.4, 0.5) is 0 Å². The van der Waals surface area contributed by atoms with Gasteiger partial charge in [-0.15, -0.1) is 0 Å². The van der Waals surface area contributed by atoms with Gasteiger partial charge in [0.15, 0.2) is 11.5 Å². The number of unbranched alkanes of at least 4 members (excludes halogenated alkanes) is 1. The molecule has 0 radical (unpaired) electrons. The minimum absolute atomic E-state index is 0.00414. The summed E-state index contributed by atoms with van der Waals surface area (Å²) < 4.78 is 16.7. The van der Waals surface area contributed by atoms with Crippen LogP contribution in [0.3, 0.4) is 0 Å². The van der Waals surface area contributed by atoms with Crippen LogP contribution in [0.1, 0.15) is 41.3 Å². The highest BCUT2D eigenvalue weighted by Crippen LogP contribution is 2.29. The highest BCUT2D eigenvalue weighted by atomic mass is 16.5. The number of nitrogens with zero attached hydrogens (tertiary/aromatic N) is 1. The standard InChI is InChI=1S/C27H31NO4/c1-4-5-17-28(27(29)23-12-14-24(30-2)15-13-23)19-22-11-16-25(26(18-22)31-3)32-20-21-9-7-6-8-10-21/h6-16,18H,4-5,17,19-20H2,1-3H3. The molecule has 5 heteroatoms. The van der Waals surface area contributed by atoms with Crippen molar-refractivity contribution in [2.24, 2.45) is 0 Å². The Morgan fingerprint density at radius 3 is 2.25 bits per heavy atom. The predicted molar refractivity (Wildman–Crippen MR) is 126 cm³/mol. The second kappa shape index (κ2) is 11.8. The van der Waals surface area contributed by atoms with Gasteiger partial charge in [-0.05, 0) is 53.9 Å². The van der Waals surface area contributed by atoms with Gasteiger partial charge < -0.3 is 19.1 Å². The van der Waals surface area contributed by atoms with Crippen molar-refractivity contribution in [2.75, 3.05) is 20.8 Å². The zero-order valence-electron chi connectivity index (χ0n) is 19.0. The first-order valence-electron chi connectivity index (χ1n) is 10.9. The third-order valence-electron chi connectivity index (χ3n) is 5.24. The Kier molecular flexibility index (Phi) is 8.55. The van der Waals surface area contributed by atoms with E-state index in [1.54, 1.807) is 26.4 Å². The summed E-state index contributed by atoms with van der Waals surface area (Å²) in [7, 11) is 3.25. The van der Waals surface area contributed by atoms with Crippen molar-refractivity contribution >= 4 is 5.91 Å². The summed E-state index contributed by atoms with van der Waals surface area (Å²) in [6.07, 6.45) is 1.96. The van der Waals surface area contributed by atoms with Crippen molar-refractivity contribution in [3.8, 4) is 17.2 Å². The lowest BCUT2D eigenvalue weighted by atomic mass is 10.1. The molecule has 0 aliphatic rings. The van der Waals surface area contributed by atoms with E-state index < -0.39 is 0 Å². The Bertz CT molecular complexity index is 986. The van der Waals surface area contributed by atoms with Crippen molar-refractivity contribution in [2.45, 2.75) is 32.9 Å². The van der Waals surface area contributed by atoms with Gasteiger partial charge in [0.25, 0.3) is 5.91 Å². The van der Waals surface area contributed by atoms with Gasteiger partial charge in [0, 0.05) is 18.7 Å². The largest absolute Gasteiger partial charge is 0.497 e. The zero-order valence-corrected chi connectivity index (χ0v) is 19.0. The van der Waals surface area contributed by atoms with Gasteiger partial charge in [-0.3, -0.25) is 4.79 Å². The number of benzene rings is 3. The number of hydrogen-bond acceptors (Lipinski definition) is 4. The van der Waals surface area contributed by atoms with E-state index in [9.17, 15) is 4.79 Å². The monoisotopic (exact) mass is 433 g/mol. The fourth-order valence-electron chi connectivity index (χ4n) is 3.40. The Balaban J connectivity index is 1.73. The predicted octanol–water partition coefficient (Wildman–Crippen LogP) is 5.73. The van der Waals surface area contributed by atoms with E-state index in [1.165, 1.54) is 0 Å². The average molecular weight is 434 g/mol. The molecule has 0 N–H and O–H groups in total. The molecular formula is C27H31NO4. The minimum Gasteiger partial charge on any atom is -0.497 e. The summed E-state index contributed by atoms with van der Waals surface area (Å²) in [4.78, 5) is 15.0. The summed E-state index contributed by atoms with van der Waals surface area (Å²) in [5, 5.41) is 0. The number of ether oxygens (including phenoxy) is 3. The first-order valence-corrected chi connectivity index (χ1v) is 10.9. The molecule has 0 saturated heterocycles. The van der Waals surface area contributed by atoms with Gasteiger partial charge in [-0.2, -0.15) is 0 Å².